The number of carbonyl (C=O) groups is 3. The molecule has 0 amide bonds. The third-order valence-corrected chi connectivity index (χ3v) is 16.2. The molecule has 1 atom stereocenters. The quantitative estimate of drug-likeness (QED) is 0.0261. The Morgan fingerprint density at radius 2 is 0.470 bits per heavy atom. The molecule has 0 spiro atoms. The van der Waals surface area contributed by atoms with Crippen LogP contribution in [-0.2, 0) is 28.6 Å². The van der Waals surface area contributed by atoms with Crippen molar-refractivity contribution in [2.45, 2.75) is 386 Å². The molecule has 6 heteroatoms. The third-order valence-electron chi connectivity index (χ3n) is 16.2. The van der Waals surface area contributed by atoms with Crippen molar-refractivity contribution >= 4 is 17.9 Å². The van der Waals surface area contributed by atoms with Crippen LogP contribution in [0.4, 0.5) is 0 Å². The number of carbonyl (C=O) groups excluding carboxylic acids is 3. The number of esters is 3. The Balaban J connectivity index is 4.23. The van der Waals surface area contributed by atoms with Crippen LogP contribution in [0.1, 0.15) is 380 Å². The third kappa shape index (κ3) is 69.5. The predicted octanol–water partition coefficient (Wildman–Crippen LogP) is 25.2. The van der Waals surface area contributed by atoms with Gasteiger partial charge in [0.2, 0.25) is 0 Å². The molecule has 6 nitrogen and oxygen atoms in total. The molecule has 0 bridgehead atoms. The Morgan fingerprint density at radius 1 is 0.253 bits per heavy atom. The minimum absolute atomic E-state index is 0.0699. The second-order valence-electron chi connectivity index (χ2n) is 24.5. The van der Waals surface area contributed by atoms with Crippen molar-refractivity contribution in [1.29, 1.82) is 0 Å². The fourth-order valence-electron chi connectivity index (χ4n) is 10.8. The summed E-state index contributed by atoms with van der Waals surface area (Å²) in [5.41, 5.74) is 0. The molecule has 0 aliphatic carbocycles. The van der Waals surface area contributed by atoms with Gasteiger partial charge in [-0.05, 0) is 89.9 Å². The standard InChI is InChI=1S/C77H138O6/c1-4-7-10-13-16-19-22-25-28-30-32-33-34-35-36-37-38-39-40-41-42-43-45-46-49-52-55-58-61-64-67-70-76(79)82-73-74(72-81-75(78)69-66-63-60-57-54-51-48-27-24-21-18-15-12-9-6-3)83-77(80)71-68-65-62-59-56-53-50-47-44-31-29-26-23-20-17-14-11-8-5-2/h7,10,16,19,25-26,28-29,32-33,35-36,74H,4-6,8-9,11-15,17-18,20-24,27,30-31,34,37-73H2,1-3H3/b10-7-,19-16-,28-25-,29-26-,33-32-,36-35-. The Morgan fingerprint density at radius 3 is 0.747 bits per heavy atom. The highest BCUT2D eigenvalue weighted by Gasteiger charge is 2.19. The summed E-state index contributed by atoms with van der Waals surface area (Å²) in [6.45, 7) is 6.59. The van der Waals surface area contributed by atoms with Crippen LogP contribution in [-0.4, -0.2) is 37.2 Å². The summed E-state index contributed by atoms with van der Waals surface area (Å²) in [5.74, 6) is -0.846. The second-order valence-corrected chi connectivity index (χ2v) is 24.5. The first-order valence-electron chi connectivity index (χ1n) is 36.4. The largest absolute Gasteiger partial charge is 0.462 e. The molecule has 83 heavy (non-hydrogen) atoms. The molecule has 0 saturated carbocycles. The van der Waals surface area contributed by atoms with Gasteiger partial charge in [0.25, 0.3) is 0 Å². The zero-order valence-electron chi connectivity index (χ0n) is 55.5. The van der Waals surface area contributed by atoms with E-state index in [9.17, 15) is 14.4 Å². The molecule has 0 heterocycles. The van der Waals surface area contributed by atoms with E-state index in [-0.39, 0.29) is 31.1 Å². The van der Waals surface area contributed by atoms with Crippen LogP contribution in [0, 0.1) is 0 Å². The van der Waals surface area contributed by atoms with Gasteiger partial charge in [-0.3, -0.25) is 14.4 Å². The van der Waals surface area contributed by atoms with Crippen molar-refractivity contribution in [3.8, 4) is 0 Å². The number of allylic oxidation sites excluding steroid dienone is 12. The fraction of sp³-hybridized carbons (Fsp3) is 0.805. The molecule has 482 valence electrons. The Bertz CT molecular complexity index is 1520. The highest BCUT2D eigenvalue weighted by molar-refractivity contribution is 5.71. The predicted molar refractivity (Wildman–Crippen MR) is 362 cm³/mol. The molecule has 0 aliphatic heterocycles. The molecule has 0 fully saturated rings. The van der Waals surface area contributed by atoms with E-state index in [1.807, 2.05) is 0 Å². The van der Waals surface area contributed by atoms with Gasteiger partial charge in [0.1, 0.15) is 13.2 Å². The zero-order chi connectivity index (χ0) is 59.9. The topological polar surface area (TPSA) is 78.9 Å². The van der Waals surface area contributed by atoms with Gasteiger partial charge in [0, 0.05) is 19.3 Å². The Kier molecular flexibility index (Phi) is 68.6. The second kappa shape index (κ2) is 71.3. The molecular weight excluding hydrogens is 1020 g/mol. The lowest BCUT2D eigenvalue weighted by Crippen LogP contribution is -2.30. The van der Waals surface area contributed by atoms with Crippen LogP contribution in [0.3, 0.4) is 0 Å². The Labute approximate surface area is 516 Å². The molecule has 0 N–H and O–H groups in total. The van der Waals surface area contributed by atoms with Crippen LogP contribution in [0.5, 0.6) is 0 Å². The molecular formula is C77H138O6. The van der Waals surface area contributed by atoms with Gasteiger partial charge in [0.05, 0.1) is 0 Å². The summed E-state index contributed by atoms with van der Waals surface area (Å²) in [5, 5.41) is 0. The van der Waals surface area contributed by atoms with Crippen LogP contribution in [0.15, 0.2) is 72.9 Å². The minimum Gasteiger partial charge on any atom is -0.462 e. The lowest BCUT2D eigenvalue weighted by molar-refractivity contribution is -0.167. The van der Waals surface area contributed by atoms with E-state index in [1.54, 1.807) is 0 Å². The minimum atomic E-state index is -0.775. The average Bonchev–Trinajstić information content (AvgIpc) is 3.49. The molecule has 0 aliphatic rings. The van der Waals surface area contributed by atoms with Crippen molar-refractivity contribution in [2.24, 2.45) is 0 Å². The van der Waals surface area contributed by atoms with Crippen molar-refractivity contribution in [2.75, 3.05) is 13.2 Å². The maximum Gasteiger partial charge on any atom is 0.306 e. The van der Waals surface area contributed by atoms with E-state index in [2.05, 4.69) is 93.7 Å². The lowest BCUT2D eigenvalue weighted by Gasteiger charge is -2.18. The Hall–Kier alpha value is -3.15. The fourth-order valence-corrected chi connectivity index (χ4v) is 10.8. The SMILES string of the molecule is CC/C=C\C/C=C\C/C=C\C/C=C\C/C=C\CCCCCCCCCCCCCCCCCC(=O)OCC(COC(=O)CCCCCCCCCCCCCCCCC)OC(=O)CCCCCCCCCCC/C=C\CCCCCCCC. The van der Waals surface area contributed by atoms with Gasteiger partial charge in [-0.1, -0.05) is 344 Å². The molecule has 0 radical (unpaired) electrons. The maximum absolute atomic E-state index is 13.0. The molecule has 0 aromatic rings. The lowest BCUT2D eigenvalue weighted by atomic mass is 10.0. The molecule has 0 saturated heterocycles. The number of unbranched alkanes of at least 4 members (excludes halogenated alkanes) is 44. The number of rotatable bonds is 67. The van der Waals surface area contributed by atoms with E-state index in [1.165, 1.54) is 250 Å². The smallest absolute Gasteiger partial charge is 0.306 e. The summed E-state index contributed by atoms with van der Waals surface area (Å²) in [4.78, 5) is 38.5. The summed E-state index contributed by atoms with van der Waals surface area (Å²) in [6, 6.07) is 0. The summed E-state index contributed by atoms with van der Waals surface area (Å²) in [6.07, 6.45) is 93.6. The van der Waals surface area contributed by atoms with Gasteiger partial charge in [0.15, 0.2) is 6.10 Å². The molecule has 0 aromatic heterocycles. The first-order valence-corrected chi connectivity index (χ1v) is 36.4. The molecule has 0 rings (SSSR count). The van der Waals surface area contributed by atoms with E-state index in [4.69, 9.17) is 14.2 Å². The van der Waals surface area contributed by atoms with Gasteiger partial charge in [-0.25, -0.2) is 0 Å². The van der Waals surface area contributed by atoms with Crippen molar-refractivity contribution in [3.05, 3.63) is 72.9 Å². The van der Waals surface area contributed by atoms with Crippen LogP contribution < -0.4 is 0 Å². The van der Waals surface area contributed by atoms with Crippen LogP contribution in [0.2, 0.25) is 0 Å². The number of ether oxygens (including phenoxy) is 3. The molecule has 1 unspecified atom stereocenters. The summed E-state index contributed by atoms with van der Waals surface area (Å²) >= 11 is 0. The highest BCUT2D eigenvalue weighted by Crippen LogP contribution is 2.18. The normalized spacial score (nSPS) is 12.5. The van der Waals surface area contributed by atoms with E-state index >= 15 is 0 Å². The van der Waals surface area contributed by atoms with Crippen molar-refractivity contribution in [1.82, 2.24) is 0 Å². The van der Waals surface area contributed by atoms with Gasteiger partial charge < -0.3 is 14.2 Å². The van der Waals surface area contributed by atoms with Gasteiger partial charge in [-0.2, -0.15) is 0 Å². The number of hydrogen-bond acceptors (Lipinski definition) is 6. The average molecular weight is 1160 g/mol. The van der Waals surface area contributed by atoms with Crippen LogP contribution in [0.25, 0.3) is 0 Å². The summed E-state index contributed by atoms with van der Waals surface area (Å²) < 4.78 is 17.0. The first kappa shape index (κ1) is 79.8. The molecule has 0 aromatic carbocycles. The van der Waals surface area contributed by atoms with Gasteiger partial charge in [-0.15, -0.1) is 0 Å². The number of hydrogen-bond donors (Lipinski definition) is 0. The zero-order valence-corrected chi connectivity index (χ0v) is 55.5. The summed E-state index contributed by atoms with van der Waals surface area (Å²) in [7, 11) is 0. The first-order chi connectivity index (χ1) is 41.0. The van der Waals surface area contributed by atoms with Crippen LogP contribution >= 0.6 is 0 Å². The maximum atomic E-state index is 13.0. The monoisotopic (exact) mass is 1160 g/mol. The van der Waals surface area contributed by atoms with Crippen molar-refractivity contribution in [3.63, 3.8) is 0 Å². The van der Waals surface area contributed by atoms with E-state index < -0.39 is 6.10 Å². The van der Waals surface area contributed by atoms with Gasteiger partial charge >= 0.3 is 17.9 Å². The van der Waals surface area contributed by atoms with Crippen molar-refractivity contribution < 1.29 is 28.6 Å². The van der Waals surface area contributed by atoms with E-state index in [0.717, 1.165) is 89.9 Å². The van der Waals surface area contributed by atoms with E-state index in [0.29, 0.717) is 19.3 Å². The highest BCUT2D eigenvalue weighted by atomic mass is 16.6.